The zero-order valence-electron chi connectivity index (χ0n) is 11.6. The minimum Gasteiger partial charge on any atom is -0.420 e. The van der Waals surface area contributed by atoms with E-state index >= 15 is 0 Å². The highest BCUT2D eigenvalue weighted by atomic mass is 28.2. The first-order valence-corrected chi connectivity index (χ1v) is 8.24. The van der Waals surface area contributed by atoms with Gasteiger partial charge in [0, 0.05) is 0 Å². The summed E-state index contributed by atoms with van der Waals surface area (Å²) in [6, 6.07) is 0. The normalized spacial score (nSPS) is 29.9. The van der Waals surface area contributed by atoms with Crippen LogP contribution < -0.4 is 0 Å². The molecule has 1 rings (SSSR count). The third kappa shape index (κ3) is 4.44. The molecule has 1 fully saturated rings. The second-order valence-corrected chi connectivity index (χ2v) is 8.02. The van der Waals surface area contributed by atoms with E-state index in [1.807, 2.05) is 12.2 Å². The van der Waals surface area contributed by atoms with E-state index in [1.54, 1.807) is 0 Å². The van der Waals surface area contributed by atoms with Crippen LogP contribution in [-0.4, -0.2) is 15.9 Å². The fraction of sp³-hybridized carbons (Fsp3) is 0.733. The molecule has 0 aromatic carbocycles. The van der Waals surface area contributed by atoms with Gasteiger partial charge >= 0.3 is 0 Å². The zero-order chi connectivity index (χ0) is 12.7. The average molecular weight is 252 g/mol. The Bertz CT molecular complexity index is 241. The van der Waals surface area contributed by atoms with Crippen molar-refractivity contribution in [2.75, 3.05) is 0 Å². The Morgan fingerprint density at radius 1 is 1.35 bits per heavy atom. The lowest BCUT2D eigenvalue weighted by molar-refractivity contribution is 0.184. The number of hydrogen-bond donors (Lipinski definition) is 0. The predicted molar refractivity (Wildman–Crippen MR) is 79.0 cm³/mol. The third-order valence-corrected chi connectivity index (χ3v) is 6.68. The molecule has 1 aliphatic rings. The summed E-state index contributed by atoms with van der Waals surface area (Å²) in [5.41, 5.74) is 0. The molecule has 1 saturated carbocycles. The van der Waals surface area contributed by atoms with E-state index in [2.05, 4.69) is 27.0 Å². The Morgan fingerprint density at radius 3 is 2.53 bits per heavy atom. The second-order valence-electron chi connectivity index (χ2n) is 5.78. The zero-order valence-corrected chi connectivity index (χ0v) is 13.0. The second kappa shape index (κ2) is 7.17. The molecular formula is C15H28OSi. The Kier molecular flexibility index (Phi) is 6.21. The van der Waals surface area contributed by atoms with Crippen LogP contribution >= 0.6 is 0 Å². The molecule has 0 aliphatic heterocycles. The largest absolute Gasteiger partial charge is 0.420 e. The summed E-state index contributed by atoms with van der Waals surface area (Å²) in [4.78, 5) is 0. The molecule has 17 heavy (non-hydrogen) atoms. The van der Waals surface area contributed by atoms with E-state index in [1.165, 1.54) is 25.7 Å². The molecule has 0 radical (unpaired) electrons. The van der Waals surface area contributed by atoms with Gasteiger partial charge in [-0.2, -0.15) is 0 Å². The highest BCUT2D eigenvalue weighted by molar-refractivity contribution is 6.32. The molecule has 0 bridgehead atoms. The van der Waals surface area contributed by atoms with Gasteiger partial charge in [-0.15, -0.1) is 13.2 Å². The topological polar surface area (TPSA) is 9.23 Å². The van der Waals surface area contributed by atoms with Gasteiger partial charge in [-0.1, -0.05) is 45.3 Å². The standard InChI is InChI=1S/C15H28OSi/c1-5-9-14(10-6-2)16-17-15(4)12-8-7-11-13(15)3/h5-6,13-14H,1-2,7-12,17H2,3-4H3. The van der Waals surface area contributed by atoms with Crippen molar-refractivity contribution in [1.29, 1.82) is 0 Å². The van der Waals surface area contributed by atoms with E-state index in [0.717, 1.165) is 18.8 Å². The first-order valence-electron chi connectivity index (χ1n) is 6.96. The van der Waals surface area contributed by atoms with Crippen LogP contribution in [0.1, 0.15) is 52.4 Å². The molecule has 2 heteroatoms. The lowest BCUT2D eigenvalue weighted by atomic mass is 9.81. The summed E-state index contributed by atoms with van der Waals surface area (Å²) in [5.74, 6) is 0.844. The fourth-order valence-corrected chi connectivity index (χ4v) is 4.47. The van der Waals surface area contributed by atoms with Gasteiger partial charge in [-0.05, 0) is 30.2 Å². The highest BCUT2D eigenvalue weighted by Gasteiger charge is 2.34. The van der Waals surface area contributed by atoms with Crippen molar-refractivity contribution in [3.8, 4) is 0 Å². The van der Waals surface area contributed by atoms with Gasteiger partial charge in [0.15, 0.2) is 9.76 Å². The molecule has 0 spiro atoms. The van der Waals surface area contributed by atoms with Gasteiger partial charge in [-0.3, -0.25) is 0 Å². The van der Waals surface area contributed by atoms with E-state index in [0.29, 0.717) is 11.1 Å². The monoisotopic (exact) mass is 252 g/mol. The van der Waals surface area contributed by atoms with E-state index in [9.17, 15) is 0 Å². The Hall–Kier alpha value is -0.343. The fourth-order valence-electron chi connectivity index (χ4n) is 2.70. The van der Waals surface area contributed by atoms with E-state index < -0.39 is 9.76 Å². The first-order chi connectivity index (χ1) is 8.12. The first kappa shape index (κ1) is 14.7. The molecule has 0 N–H and O–H groups in total. The molecule has 0 amide bonds. The molecule has 2 atom stereocenters. The minimum absolute atomic E-state index is 0.336. The summed E-state index contributed by atoms with van der Waals surface area (Å²) in [6.07, 6.45) is 11.8. The summed E-state index contributed by atoms with van der Waals surface area (Å²) in [6.45, 7) is 12.5. The smallest absolute Gasteiger partial charge is 0.168 e. The quantitative estimate of drug-likeness (QED) is 0.491. The SMILES string of the molecule is C=CCC(CC=C)O[SiH2]C1(C)CCCCC1C. The molecule has 0 heterocycles. The number of hydrogen-bond acceptors (Lipinski definition) is 1. The predicted octanol–water partition coefficient (Wildman–Crippen LogP) is 4.00. The van der Waals surface area contributed by atoms with Crippen LogP contribution in [0.4, 0.5) is 0 Å². The summed E-state index contributed by atoms with van der Waals surface area (Å²) >= 11 is 0. The molecule has 0 aromatic heterocycles. The molecule has 0 saturated heterocycles. The summed E-state index contributed by atoms with van der Waals surface area (Å²) in [5, 5.41) is 0.513. The van der Waals surface area contributed by atoms with Gasteiger partial charge in [0.25, 0.3) is 0 Å². The van der Waals surface area contributed by atoms with Crippen LogP contribution in [-0.2, 0) is 4.43 Å². The van der Waals surface area contributed by atoms with Crippen molar-refractivity contribution >= 4 is 9.76 Å². The Balaban J connectivity index is 2.45. The van der Waals surface area contributed by atoms with Crippen molar-refractivity contribution in [2.45, 2.75) is 63.5 Å². The van der Waals surface area contributed by atoms with Crippen molar-refractivity contribution in [3.05, 3.63) is 25.3 Å². The van der Waals surface area contributed by atoms with Crippen molar-refractivity contribution in [1.82, 2.24) is 0 Å². The minimum atomic E-state index is -0.462. The average Bonchev–Trinajstić information content (AvgIpc) is 2.31. The maximum absolute atomic E-state index is 6.23. The van der Waals surface area contributed by atoms with Crippen LogP contribution in [0.2, 0.25) is 5.04 Å². The molecule has 1 aliphatic carbocycles. The molecule has 98 valence electrons. The Labute approximate surface area is 109 Å². The van der Waals surface area contributed by atoms with Gasteiger partial charge in [-0.25, -0.2) is 0 Å². The van der Waals surface area contributed by atoms with Crippen molar-refractivity contribution < 1.29 is 4.43 Å². The molecule has 1 nitrogen and oxygen atoms in total. The maximum atomic E-state index is 6.23. The lowest BCUT2D eigenvalue weighted by Gasteiger charge is -2.39. The van der Waals surface area contributed by atoms with Crippen LogP contribution in [0.5, 0.6) is 0 Å². The van der Waals surface area contributed by atoms with E-state index in [-0.39, 0.29) is 0 Å². The van der Waals surface area contributed by atoms with Gasteiger partial charge < -0.3 is 4.43 Å². The van der Waals surface area contributed by atoms with E-state index in [4.69, 9.17) is 4.43 Å². The van der Waals surface area contributed by atoms with Crippen LogP contribution in [0.25, 0.3) is 0 Å². The van der Waals surface area contributed by atoms with Gasteiger partial charge in [0.1, 0.15) is 0 Å². The highest BCUT2D eigenvalue weighted by Crippen LogP contribution is 2.46. The molecule has 2 unspecified atom stereocenters. The molecule has 0 aromatic rings. The van der Waals surface area contributed by atoms with Crippen molar-refractivity contribution in [3.63, 3.8) is 0 Å². The van der Waals surface area contributed by atoms with Crippen LogP contribution in [0.15, 0.2) is 25.3 Å². The van der Waals surface area contributed by atoms with Crippen LogP contribution in [0, 0.1) is 5.92 Å². The van der Waals surface area contributed by atoms with Gasteiger partial charge in [0.05, 0.1) is 6.10 Å². The number of rotatable bonds is 7. The lowest BCUT2D eigenvalue weighted by Crippen LogP contribution is -2.32. The summed E-state index contributed by atoms with van der Waals surface area (Å²) in [7, 11) is -0.462. The van der Waals surface area contributed by atoms with Gasteiger partial charge in [0.2, 0.25) is 0 Å². The Morgan fingerprint density at radius 2 is 2.00 bits per heavy atom. The van der Waals surface area contributed by atoms with Crippen molar-refractivity contribution in [2.24, 2.45) is 5.92 Å². The summed E-state index contributed by atoms with van der Waals surface area (Å²) < 4.78 is 6.23. The van der Waals surface area contributed by atoms with Crippen LogP contribution in [0.3, 0.4) is 0 Å². The third-order valence-electron chi connectivity index (χ3n) is 4.33. The molecular weight excluding hydrogens is 224 g/mol. The maximum Gasteiger partial charge on any atom is 0.168 e.